The Morgan fingerprint density at radius 3 is 2.78 bits per heavy atom. The van der Waals surface area contributed by atoms with Crippen molar-refractivity contribution >= 4 is 23.4 Å². The lowest BCUT2D eigenvalue weighted by atomic mass is 10.1. The molecule has 190 valence electrons. The molecule has 2 atom stereocenters. The van der Waals surface area contributed by atoms with E-state index in [1.807, 2.05) is 30.3 Å². The van der Waals surface area contributed by atoms with E-state index in [-0.39, 0.29) is 52.7 Å². The van der Waals surface area contributed by atoms with Crippen LogP contribution in [0.5, 0.6) is 5.75 Å². The third-order valence-electron chi connectivity index (χ3n) is 7.12. The first-order valence-corrected chi connectivity index (χ1v) is 12.4. The predicted molar refractivity (Wildman–Crippen MR) is 132 cm³/mol. The summed E-state index contributed by atoms with van der Waals surface area (Å²) in [5, 5.41) is 2.59. The first kappa shape index (κ1) is 23.7. The van der Waals surface area contributed by atoms with Gasteiger partial charge in [-0.2, -0.15) is 0 Å². The first-order chi connectivity index (χ1) is 18.0. The fourth-order valence-electron chi connectivity index (χ4n) is 5.42. The topological polar surface area (TPSA) is 89.9 Å². The number of fused-ring (bicyclic) bond motifs is 2. The van der Waals surface area contributed by atoms with E-state index in [2.05, 4.69) is 5.32 Å². The van der Waals surface area contributed by atoms with Crippen molar-refractivity contribution in [2.24, 2.45) is 0 Å². The highest BCUT2D eigenvalue weighted by Gasteiger charge is 2.49. The van der Waals surface area contributed by atoms with Gasteiger partial charge in [0, 0.05) is 24.3 Å². The average Bonchev–Trinajstić information content (AvgIpc) is 3.56. The van der Waals surface area contributed by atoms with E-state index in [9.17, 15) is 18.8 Å². The molecule has 37 heavy (non-hydrogen) atoms. The van der Waals surface area contributed by atoms with Gasteiger partial charge in [0.05, 0.1) is 17.7 Å². The summed E-state index contributed by atoms with van der Waals surface area (Å²) in [7, 11) is 0. The van der Waals surface area contributed by atoms with Gasteiger partial charge >= 0.3 is 0 Å². The molecule has 8 nitrogen and oxygen atoms in total. The first-order valence-electron chi connectivity index (χ1n) is 12.1. The van der Waals surface area contributed by atoms with Crippen LogP contribution in [-0.4, -0.2) is 40.7 Å². The molecule has 3 aromatic rings. The van der Waals surface area contributed by atoms with Gasteiger partial charge in [-0.3, -0.25) is 14.4 Å². The van der Waals surface area contributed by atoms with Crippen molar-refractivity contribution in [3.63, 3.8) is 0 Å². The van der Waals surface area contributed by atoms with E-state index >= 15 is 0 Å². The Morgan fingerprint density at radius 1 is 1.16 bits per heavy atom. The molecule has 0 radical (unpaired) electrons. The molecule has 4 heterocycles. The second-order valence-electron chi connectivity index (χ2n) is 9.23. The maximum Gasteiger partial charge on any atom is 0.276 e. The molecule has 0 bridgehead atoms. The standard InChI is InChI=1S/C27H23ClFN3O5/c28-17-8-4-7-16(21(17)29)13-30-25(34)20-18-9-10-19-27-31(11-12-36-27)26(35)22(32(18)19)24(23(20)33)37-14-15-5-2-1-3-6-15/h1-8,19,27H,9-14H2,(H,30,34). The van der Waals surface area contributed by atoms with Crippen LogP contribution in [0.2, 0.25) is 5.02 Å². The van der Waals surface area contributed by atoms with Crippen LogP contribution in [0.3, 0.4) is 0 Å². The molecule has 0 aliphatic carbocycles. The number of hydrogen-bond donors (Lipinski definition) is 1. The Morgan fingerprint density at radius 2 is 1.97 bits per heavy atom. The van der Waals surface area contributed by atoms with Crippen LogP contribution in [0.4, 0.5) is 4.39 Å². The van der Waals surface area contributed by atoms with Gasteiger partial charge in [-0.15, -0.1) is 0 Å². The van der Waals surface area contributed by atoms with Crippen LogP contribution < -0.4 is 15.5 Å². The number of pyridine rings is 1. The van der Waals surface area contributed by atoms with Gasteiger partial charge in [0.15, 0.2) is 17.7 Å². The second-order valence-corrected chi connectivity index (χ2v) is 9.64. The van der Waals surface area contributed by atoms with Crippen LogP contribution in [0, 0.1) is 5.82 Å². The monoisotopic (exact) mass is 523 g/mol. The highest BCUT2D eigenvalue weighted by Crippen LogP contribution is 2.42. The summed E-state index contributed by atoms with van der Waals surface area (Å²) in [6, 6.07) is 13.5. The van der Waals surface area contributed by atoms with Gasteiger partial charge in [0.25, 0.3) is 11.8 Å². The molecule has 2 amide bonds. The molecule has 10 heteroatoms. The van der Waals surface area contributed by atoms with Gasteiger partial charge in [-0.25, -0.2) is 4.39 Å². The number of benzene rings is 2. The maximum absolute atomic E-state index is 14.4. The van der Waals surface area contributed by atoms with E-state index in [4.69, 9.17) is 21.1 Å². The number of carbonyl (C=O) groups is 2. The van der Waals surface area contributed by atoms with Crippen LogP contribution in [-0.2, 0) is 24.3 Å². The Hall–Kier alpha value is -3.69. The lowest BCUT2D eigenvalue weighted by Crippen LogP contribution is -2.49. The van der Waals surface area contributed by atoms with Crippen LogP contribution >= 0.6 is 11.6 Å². The van der Waals surface area contributed by atoms with Crippen molar-refractivity contribution in [2.45, 2.75) is 38.3 Å². The normalized spacial score (nSPS) is 19.5. The van der Waals surface area contributed by atoms with Crippen molar-refractivity contribution in [2.75, 3.05) is 13.2 Å². The zero-order valence-corrected chi connectivity index (χ0v) is 20.5. The molecule has 3 aliphatic heterocycles. The molecule has 1 saturated heterocycles. The number of carbonyl (C=O) groups excluding carboxylic acids is 2. The van der Waals surface area contributed by atoms with E-state index in [1.54, 1.807) is 15.5 Å². The molecular formula is C27H23ClFN3O5. The van der Waals surface area contributed by atoms with Crippen molar-refractivity contribution in [1.29, 1.82) is 0 Å². The highest BCUT2D eigenvalue weighted by molar-refractivity contribution is 6.30. The summed E-state index contributed by atoms with van der Waals surface area (Å²) in [6.07, 6.45) is 0.565. The largest absolute Gasteiger partial charge is 0.483 e. The summed E-state index contributed by atoms with van der Waals surface area (Å²) in [4.78, 5) is 42.3. The lowest BCUT2D eigenvalue weighted by Gasteiger charge is -2.37. The van der Waals surface area contributed by atoms with Crippen molar-refractivity contribution in [1.82, 2.24) is 14.8 Å². The number of ether oxygens (including phenoxy) is 2. The van der Waals surface area contributed by atoms with Gasteiger partial charge in [0.2, 0.25) is 5.43 Å². The fourth-order valence-corrected chi connectivity index (χ4v) is 5.61. The number of amides is 2. The summed E-state index contributed by atoms with van der Waals surface area (Å²) in [5.41, 5.74) is 0.857. The minimum Gasteiger partial charge on any atom is -0.483 e. The van der Waals surface area contributed by atoms with Crippen LogP contribution in [0.1, 0.15) is 50.1 Å². The third kappa shape index (κ3) is 3.89. The van der Waals surface area contributed by atoms with Gasteiger partial charge in [-0.1, -0.05) is 54.1 Å². The van der Waals surface area contributed by atoms with Crippen molar-refractivity contribution in [3.8, 4) is 5.75 Å². The summed E-state index contributed by atoms with van der Waals surface area (Å²) < 4.78 is 28.0. The molecule has 0 saturated carbocycles. The Balaban J connectivity index is 1.42. The quantitative estimate of drug-likeness (QED) is 0.534. The third-order valence-corrected chi connectivity index (χ3v) is 7.41. The van der Waals surface area contributed by atoms with Gasteiger partial charge < -0.3 is 24.3 Å². The van der Waals surface area contributed by atoms with E-state index in [1.165, 1.54) is 12.1 Å². The zero-order valence-electron chi connectivity index (χ0n) is 19.7. The maximum atomic E-state index is 14.4. The van der Waals surface area contributed by atoms with Crippen molar-refractivity contribution < 1.29 is 23.5 Å². The Kier molecular flexibility index (Phi) is 5.97. The molecular weight excluding hydrogens is 501 g/mol. The molecule has 2 aromatic carbocycles. The summed E-state index contributed by atoms with van der Waals surface area (Å²) >= 11 is 5.86. The number of nitrogens with one attached hydrogen (secondary N) is 1. The Labute approximate surface area is 216 Å². The number of nitrogens with zero attached hydrogens (tertiary/aromatic N) is 2. The van der Waals surface area contributed by atoms with Crippen LogP contribution in [0.25, 0.3) is 0 Å². The molecule has 1 fully saturated rings. The molecule has 1 aromatic heterocycles. The number of halogens is 2. The molecule has 1 N–H and O–H groups in total. The summed E-state index contributed by atoms with van der Waals surface area (Å²) in [6.45, 7) is 0.720. The second kappa shape index (κ2) is 9.32. The van der Waals surface area contributed by atoms with E-state index in [0.29, 0.717) is 31.7 Å². The van der Waals surface area contributed by atoms with E-state index < -0.39 is 23.4 Å². The molecule has 3 aliphatic rings. The van der Waals surface area contributed by atoms with Gasteiger partial charge in [0.1, 0.15) is 18.0 Å². The van der Waals surface area contributed by atoms with Crippen LogP contribution in [0.15, 0.2) is 53.3 Å². The molecule has 2 unspecified atom stereocenters. The average molecular weight is 524 g/mol. The minimum atomic E-state index is -0.665. The Bertz CT molecular complexity index is 1480. The SMILES string of the molecule is O=C(NCc1cccc(Cl)c1F)c1c2n3c(c(OCc4ccccc4)c1=O)C(=O)N1CCOC1C3CC2. The fraction of sp³-hybridized carbons (Fsp3) is 0.296. The number of rotatable bonds is 6. The smallest absolute Gasteiger partial charge is 0.276 e. The molecule has 0 spiro atoms. The lowest BCUT2D eigenvalue weighted by molar-refractivity contribution is -0.0126. The number of hydrogen-bond acceptors (Lipinski definition) is 5. The predicted octanol–water partition coefficient (Wildman–Crippen LogP) is 3.45. The highest BCUT2D eigenvalue weighted by atomic mass is 35.5. The number of aromatic nitrogens is 1. The molecule has 6 rings (SSSR count). The van der Waals surface area contributed by atoms with Crippen molar-refractivity contribution in [3.05, 3.63) is 97.7 Å². The van der Waals surface area contributed by atoms with Gasteiger partial charge in [-0.05, 0) is 24.5 Å². The summed E-state index contributed by atoms with van der Waals surface area (Å²) in [5.74, 6) is -1.81. The zero-order chi connectivity index (χ0) is 25.7. The van der Waals surface area contributed by atoms with E-state index in [0.717, 1.165) is 5.56 Å². The minimum absolute atomic E-state index is 0.0507.